The molecule has 1 unspecified atom stereocenters. The van der Waals surface area contributed by atoms with Crippen molar-refractivity contribution < 1.29 is 0 Å². The second-order valence-corrected chi connectivity index (χ2v) is 9.95. The smallest absolute Gasteiger partial charge is 0.0665 e. The van der Waals surface area contributed by atoms with Crippen molar-refractivity contribution >= 4 is 0 Å². The van der Waals surface area contributed by atoms with E-state index in [1.165, 1.54) is 120 Å². The minimum Gasteiger partial charge on any atom is -0.198 e. The van der Waals surface area contributed by atoms with Crippen molar-refractivity contribution in [3.63, 3.8) is 0 Å². The summed E-state index contributed by atoms with van der Waals surface area (Å²) in [7, 11) is 0. The largest absolute Gasteiger partial charge is 0.198 e. The Hall–Kier alpha value is -1.29. The van der Waals surface area contributed by atoms with E-state index in [1.807, 2.05) is 0 Å². The van der Waals surface area contributed by atoms with Crippen LogP contribution < -0.4 is 0 Å². The topological polar surface area (TPSA) is 23.8 Å². The summed E-state index contributed by atoms with van der Waals surface area (Å²) in [5.41, 5.74) is 3.11. The van der Waals surface area contributed by atoms with Gasteiger partial charge in [0, 0.05) is 0 Å². The molecule has 0 aromatic heterocycles. The van der Waals surface area contributed by atoms with E-state index in [-0.39, 0.29) is 11.3 Å². The average Bonchev–Trinajstić information content (AvgIpc) is 2.78. The van der Waals surface area contributed by atoms with Gasteiger partial charge in [-0.05, 0) is 55.1 Å². The van der Waals surface area contributed by atoms with E-state index in [4.69, 9.17) is 0 Å². The minimum absolute atomic E-state index is 0.184. The van der Waals surface area contributed by atoms with Crippen LogP contribution in [-0.4, -0.2) is 0 Å². The van der Waals surface area contributed by atoms with Crippen molar-refractivity contribution in [2.75, 3.05) is 0 Å². The number of hydrogen-bond acceptors (Lipinski definition) is 1. The fourth-order valence-corrected chi connectivity index (χ4v) is 5.52. The normalized spacial score (nSPS) is 16.8. The number of rotatable bonds is 15. The van der Waals surface area contributed by atoms with Gasteiger partial charge in [-0.25, -0.2) is 0 Å². The maximum Gasteiger partial charge on any atom is 0.0665 e. The van der Waals surface area contributed by atoms with Crippen molar-refractivity contribution in [2.24, 2.45) is 11.3 Å². The highest BCUT2D eigenvalue weighted by atomic mass is 14.4. The fraction of sp³-hybridized carbons (Fsp3) is 0.759. The predicted molar refractivity (Wildman–Crippen MR) is 131 cm³/mol. The van der Waals surface area contributed by atoms with Crippen LogP contribution in [0.3, 0.4) is 0 Å². The second kappa shape index (κ2) is 14.7. The molecule has 1 atom stereocenters. The van der Waals surface area contributed by atoms with Crippen molar-refractivity contribution in [3.8, 4) is 6.07 Å². The molecule has 2 rings (SSSR count). The summed E-state index contributed by atoms with van der Waals surface area (Å²) in [5, 5.41) is 10.1. The van der Waals surface area contributed by atoms with Gasteiger partial charge in [0.05, 0.1) is 12.0 Å². The molecule has 1 aromatic rings. The molecular formula is C29H47N. The molecule has 1 aliphatic carbocycles. The maximum atomic E-state index is 10.1. The van der Waals surface area contributed by atoms with Crippen LogP contribution in [0.4, 0.5) is 0 Å². The lowest BCUT2D eigenvalue weighted by molar-refractivity contribution is 0.110. The zero-order valence-electron chi connectivity index (χ0n) is 20.1. The van der Waals surface area contributed by atoms with Crippen molar-refractivity contribution in [2.45, 2.75) is 129 Å². The molecule has 0 bridgehead atoms. The Morgan fingerprint density at radius 3 is 1.93 bits per heavy atom. The summed E-state index contributed by atoms with van der Waals surface area (Å²) in [6.07, 6.45) is 23.4. The summed E-state index contributed by atoms with van der Waals surface area (Å²) in [4.78, 5) is 0. The van der Waals surface area contributed by atoms with Crippen LogP contribution in [0.25, 0.3) is 0 Å². The molecular weight excluding hydrogens is 362 g/mol. The van der Waals surface area contributed by atoms with Gasteiger partial charge < -0.3 is 0 Å². The van der Waals surface area contributed by atoms with Crippen molar-refractivity contribution in [1.29, 1.82) is 5.26 Å². The lowest BCUT2D eigenvalue weighted by Crippen LogP contribution is -2.33. The molecule has 1 aromatic carbocycles. The minimum atomic E-state index is 0.184. The van der Waals surface area contributed by atoms with Crippen LogP contribution in [0.15, 0.2) is 24.3 Å². The van der Waals surface area contributed by atoms with Gasteiger partial charge in [-0.1, -0.05) is 115 Å². The third-order valence-corrected chi connectivity index (χ3v) is 7.55. The predicted octanol–water partition coefficient (Wildman–Crippen LogP) is 9.19. The summed E-state index contributed by atoms with van der Waals surface area (Å²) in [6.45, 7) is 4.56. The monoisotopic (exact) mass is 409 g/mol. The van der Waals surface area contributed by atoms with E-state index >= 15 is 0 Å². The van der Waals surface area contributed by atoms with E-state index in [1.54, 1.807) is 0 Å². The SMILES string of the molecule is CCCCCCCc1ccc(CC(C#N)C2(CCCCCCC)CCCCC2)cc1. The van der Waals surface area contributed by atoms with Gasteiger partial charge in [-0.2, -0.15) is 5.26 Å². The fourth-order valence-electron chi connectivity index (χ4n) is 5.52. The van der Waals surface area contributed by atoms with E-state index in [2.05, 4.69) is 44.2 Å². The molecule has 0 amide bonds. The van der Waals surface area contributed by atoms with Gasteiger partial charge in [0.2, 0.25) is 0 Å². The molecule has 0 aliphatic heterocycles. The lowest BCUT2D eigenvalue weighted by Gasteiger charge is -2.41. The molecule has 168 valence electrons. The van der Waals surface area contributed by atoms with Crippen LogP contribution in [-0.2, 0) is 12.8 Å². The Morgan fingerprint density at radius 1 is 0.767 bits per heavy atom. The van der Waals surface area contributed by atoms with E-state index in [0.29, 0.717) is 0 Å². The first-order chi connectivity index (χ1) is 14.7. The summed E-state index contributed by atoms with van der Waals surface area (Å²) < 4.78 is 0. The number of nitriles is 1. The Kier molecular flexibility index (Phi) is 12.2. The van der Waals surface area contributed by atoms with Crippen LogP contribution in [0.2, 0.25) is 0 Å². The number of nitrogens with zero attached hydrogens (tertiary/aromatic N) is 1. The zero-order valence-corrected chi connectivity index (χ0v) is 20.1. The first kappa shape index (κ1) is 25.0. The standard InChI is InChI=1S/C29H47N/c1-3-5-7-9-12-16-26-17-19-27(20-18-26)24-28(25-30)29(22-14-11-15-23-29)21-13-10-8-6-4-2/h17-20,28H,3-16,21-24H2,1-2H3. The number of aryl methyl sites for hydroxylation is 1. The zero-order chi connectivity index (χ0) is 21.5. The summed E-state index contributed by atoms with van der Waals surface area (Å²) in [6, 6.07) is 12.0. The van der Waals surface area contributed by atoms with Gasteiger partial charge in [0.25, 0.3) is 0 Å². The Morgan fingerprint density at radius 2 is 1.33 bits per heavy atom. The van der Waals surface area contributed by atoms with Gasteiger partial charge in [0.1, 0.15) is 0 Å². The molecule has 0 heterocycles. The number of unbranched alkanes of at least 4 members (excludes halogenated alkanes) is 8. The third kappa shape index (κ3) is 8.45. The molecule has 0 radical (unpaired) electrons. The highest BCUT2D eigenvalue weighted by Crippen LogP contribution is 2.47. The highest BCUT2D eigenvalue weighted by Gasteiger charge is 2.39. The first-order valence-corrected chi connectivity index (χ1v) is 13.2. The highest BCUT2D eigenvalue weighted by molar-refractivity contribution is 5.24. The molecule has 1 saturated carbocycles. The van der Waals surface area contributed by atoms with Crippen LogP contribution in [0.1, 0.15) is 128 Å². The average molecular weight is 410 g/mol. The van der Waals surface area contributed by atoms with Gasteiger partial charge in [0.15, 0.2) is 0 Å². The third-order valence-electron chi connectivity index (χ3n) is 7.55. The summed E-state index contributed by atoms with van der Waals surface area (Å²) in [5.74, 6) is 0.184. The number of benzene rings is 1. The molecule has 0 N–H and O–H groups in total. The van der Waals surface area contributed by atoms with Crippen LogP contribution in [0, 0.1) is 22.7 Å². The van der Waals surface area contributed by atoms with Crippen LogP contribution >= 0.6 is 0 Å². The van der Waals surface area contributed by atoms with E-state index < -0.39 is 0 Å². The molecule has 1 aliphatic rings. The van der Waals surface area contributed by atoms with E-state index in [0.717, 1.165) is 6.42 Å². The number of hydrogen-bond donors (Lipinski definition) is 0. The van der Waals surface area contributed by atoms with Gasteiger partial charge >= 0.3 is 0 Å². The molecule has 30 heavy (non-hydrogen) atoms. The van der Waals surface area contributed by atoms with Gasteiger partial charge in [-0.15, -0.1) is 0 Å². The molecule has 1 nitrogen and oxygen atoms in total. The van der Waals surface area contributed by atoms with Gasteiger partial charge in [-0.3, -0.25) is 0 Å². The molecule has 1 fully saturated rings. The summed E-state index contributed by atoms with van der Waals surface area (Å²) >= 11 is 0. The Bertz CT molecular complexity index is 588. The van der Waals surface area contributed by atoms with E-state index in [9.17, 15) is 5.26 Å². The maximum absolute atomic E-state index is 10.1. The Balaban J connectivity index is 1.91. The lowest BCUT2D eigenvalue weighted by atomic mass is 9.62. The second-order valence-electron chi connectivity index (χ2n) is 9.95. The first-order valence-electron chi connectivity index (χ1n) is 13.2. The van der Waals surface area contributed by atoms with Crippen molar-refractivity contribution in [3.05, 3.63) is 35.4 Å². The van der Waals surface area contributed by atoms with Crippen LogP contribution in [0.5, 0.6) is 0 Å². The molecule has 0 spiro atoms. The molecule has 0 saturated heterocycles. The quantitative estimate of drug-likeness (QED) is 0.265. The molecule has 1 heteroatoms. The van der Waals surface area contributed by atoms with Crippen molar-refractivity contribution in [1.82, 2.24) is 0 Å². The Labute approximate surface area is 187 Å².